The molecule has 2 aromatic heterocycles. The van der Waals surface area contributed by atoms with E-state index in [-0.39, 0.29) is 11.8 Å². The van der Waals surface area contributed by atoms with E-state index in [1.165, 1.54) is 11.6 Å². The number of amides is 1. The largest absolute Gasteiger partial charge is 0.456 e. The number of aryl methyl sites for hydroxylation is 1. The predicted octanol–water partition coefficient (Wildman–Crippen LogP) is 3.37. The molecule has 1 fully saturated rings. The van der Waals surface area contributed by atoms with E-state index in [0.29, 0.717) is 24.5 Å². The van der Waals surface area contributed by atoms with Gasteiger partial charge in [0.25, 0.3) is 0 Å². The molecule has 8 nitrogen and oxygen atoms in total. The Morgan fingerprint density at radius 1 is 1.03 bits per heavy atom. The second kappa shape index (κ2) is 9.09. The van der Waals surface area contributed by atoms with Crippen LogP contribution >= 0.6 is 0 Å². The van der Waals surface area contributed by atoms with Gasteiger partial charge in [-0.15, -0.1) is 0 Å². The van der Waals surface area contributed by atoms with Crippen molar-refractivity contribution >= 4 is 11.8 Å². The van der Waals surface area contributed by atoms with Crippen molar-refractivity contribution in [1.29, 1.82) is 0 Å². The highest BCUT2D eigenvalue weighted by Gasteiger charge is 2.23. The lowest BCUT2D eigenvalue weighted by molar-refractivity contribution is 0.101. The highest BCUT2D eigenvalue weighted by molar-refractivity contribution is 5.92. The van der Waals surface area contributed by atoms with Crippen LogP contribution in [-0.2, 0) is 6.54 Å². The van der Waals surface area contributed by atoms with Crippen molar-refractivity contribution < 1.29 is 14.3 Å². The van der Waals surface area contributed by atoms with Crippen LogP contribution in [0.1, 0.15) is 28.7 Å². The third-order valence-electron chi connectivity index (χ3n) is 5.21. The van der Waals surface area contributed by atoms with Gasteiger partial charge in [0.15, 0.2) is 5.78 Å². The summed E-state index contributed by atoms with van der Waals surface area (Å²) in [6.45, 7) is 6.91. The molecule has 0 N–H and O–H groups in total. The summed E-state index contributed by atoms with van der Waals surface area (Å²) in [5, 5.41) is 4.06. The van der Waals surface area contributed by atoms with Crippen molar-refractivity contribution in [2.24, 2.45) is 0 Å². The van der Waals surface area contributed by atoms with Crippen LogP contribution < -0.4 is 4.74 Å². The molecule has 3 heterocycles. The van der Waals surface area contributed by atoms with Crippen LogP contribution in [-0.4, -0.2) is 62.6 Å². The van der Waals surface area contributed by atoms with Crippen molar-refractivity contribution in [3.63, 3.8) is 0 Å². The van der Waals surface area contributed by atoms with Gasteiger partial charge in [0.05, 0.1) is 6.20 Å². The number of hydrogen-bond donors (Lipinski definition) is 0. The Morgan fingerprint density at radius 2 is 1.84 bits per heavy atom. The number of piperazine rings is 1. The van der Waals surface area contributed by atoms with Crippen LogP contribution in [0.25, 0.3) is 0 Å². The highest BCUT2D eigenvalue weighted by Crippen LogP contribution is 2.22. The third kappa shape index (κ3) is 5.16. The molecule has 0 spiro atoms. The summed E-state index contributed by atoms with van der Waals surface area (Å²) in [5.74, 6) is 1.33. The van der Waals surface area contributed by atoms with E-state index >= 15 is 0 Å². The molecule has 8 heteroatoms. The Morgan fingerprint density at radius 3 is 2.52 bits per heavy atom. The number of carbonyl (C=O) groups excluding carboxylic acids is 2. The Kier molecular flexibility index (Phi) is 6.08. The smallest absolute Gasteiger partial charge is 0.344 e. The lowest BCUT2D eigenvalue weighted by atomic mass is 10.2. The fourth-order valence-electron chi connectivity index (χ4n) is 3.48. The van der Waals surface area contributed by atoms with Crippen LogP contribution in [0.4, 0.5) is 4.79 Å². The van der Waals surface area contributed by atoms with Crippen molar-refractivity contribution in [1.82, 2.24) is 24.6 Å². The molecule has 3 aromatic rings. The first-order valence-electron chi connectivity index (χ1n) is 10.3. The average molecular weight is 419 g/mol. The molecule has 1 aromatic carbocycles. The van der Waals surface area contributed by atoms with E-state index in [4.69, 9.17) is 4.74 Å². The number of nitrogens with zero attached hydrogens (tertiary/aromatic N) is 5. The Hall–Kier alpha value is -3.52. The van der Waals surface area contributed by atoms with Crippen LogP contribution in [0.3, 0.4) is 0 Å². The van der Waals surface area contributed by atoms with E-state index in [1.54, 1.807) is 23.4 Å². The van der Waals surface area contributed by atoms with Gasteiger partial charge < -0.3 is 9.64 Å². The van der Waals surface area contributed by atoms with Gasteiger partial charge in [-0.25, -0.2) is 4.79 Å². The van der Waals surface area contributed by atoms with Crippen molar-refractivity contribution in [2.45, 2.75) is 20.4 Å². The van der Waals surface area contributed by atoms with Gasteiger partial charge in [0.2, 0.25) is 0 Å². The molecule has 0 aliphatic carbocycles. The zero-order valence-electron chi connectivity index (χ0n) is 17.7. The van der Waals surface area contributed by atoms with E-state index in [9.17, 15) is 9.59 Å². The lowest BCUT2D eigenvalue weighted by Crippen LogP contribution is -2.49. The van der Waals surface area contributed by atoms with E-state index in [1.807, 2.05) is 37.3 Å². The SMILES string of the molecule is CC(=O)c1ccn(C(=O)N2CCN(Cc3cccc(Oc4ccc(C)nc4)c3)CC2)n1. The second-order valence-electron chi connectivity index (χ2n) is 7.63. The molecule has 4 rings (SSSR count). The molecule has 0 atom stereocenters. The Balaban J connectivity index is 1.32. The highest BCUT2D eigenvalue weighted by atomic mass is 16.5. The molecule has 0 bridgehead atoms. The molecule has 0 saturated carbocycles. The Labute approximate surface area is 181 Å². The molecule has 1 aliphatic rings. The minimum atomic E-state index is -0.200. The molecule has 1 amide bonds. The normalized spacial score (nSPS) is 14.5. The summed E-state index contributed by atoms with van der Waals surface area (Å²) >= 11 is 0. The minimum absolute atomic E-state index is 0.152. The van der Waals surface area contributed by atoms with Gasteiger partial charge in [-0.2, -0.15) is 9.78 Å². The Bertz CT molecular complexity index is 1070. The van der Waals surface area contributed by atoms with Crippen LogP contribution in [0, 0.1) is 6.92 Å². The summed E-state index contributed by atoms with van der Waals surface area (Å²) in [4.78, 5) is 32.3. The fourth-order valence-corrected chi connectivity index (χ4v) is 3.48. The number of carbonyl (C=O) groups is 2. The topological polar surface area (TPSA) is 80.6 Å². The van der Waals surface area contributed by atoms with Crippen molar-refractivity contribution in [2.75, 3.05) is 26.2 Å². The van der Waals surface area contributed by atoms with Crippen LogP contribution in [0.15, 0.2) is 54.9 Å². The fraction of sp³-hybridized carbons (Fsp3) is 0.304. The molecule has 1 saturated heterocycles. The van der Waals surface area contributed by atoms with Crippen molar-refractivity contribution in [3.05, 3.63) is 71.8 Å². The second-order valence-corrected chi connectivity index (χ2v) is 7.63. The molecule has 1 aliphatic heterocycles. The first kappa shape index (κ1) is 20.7. The first-order chi connectivity index (χ1) is 15.0. The standard InChI is InChI=1S/C23H25N5O3/c1-17-6-7-21(15-24-17)31-20-5-3-4-19(14-20)16-26-10-12-27(13-11-26)23(30)28-9-8-22(25-28)18(2)29/h3-9,14-15H,10-13,16H2,1-2H3. The monoisotopic (exact) mass is 419 g/mol. The summed E-state index contributed by atoms with van der Waals surface area (Å²) in [5.41, 5.74) is 2.40. The number of benzene rings is 1. The van der Waals surface area contributed by atoms with E-state index < -0.39 is 0 Å². The van der Waals surface area contributed by atoms with Gasteiger partial charge >= 0.3 is 6.03 Å². The van der Waals surface area contributed by atoms with E-state index in [2.05, 4.69) is 21.0 Å². The summed E-state index contributed by atoms with van der Waals surface area (Å²) in [6, 6.07) is 13.2. The zero-order valence-corrected chi connectivity index (χ0v) is 17.7. The molecule has 31 heavy (non-hydrogen) atoms. The number of pyridine rings is 1. The molecule has 160 valence electrons. The molecular weight excluding hydrogens is 394 g/mol. The summed E-state index contributed by atoms with van der Waals surface area (Å²) < 4.78 is 7.16. The average Bonchev–Trinajstić information content (AvgIpc) is 3.26. The maximum atomic E-state index is 12.6. The van der Waals surface area contributed by atoms with Crippen LogP contribution in [0.2, 0.25) is 0 Å². The van der Waals surface area contributed by atoms with Crippen LogP contribution in [0.5, 0.6) is 11.5 Å². The van der Waals surface area contributed by atoms with Gasteiger partial charge in [-0.1, -0.05) is 12.1 Å². The number of rotatable bonds is 5. The molecule has 0 radical (unpaired) electrons. The van der Waals surface area contributed by atoms with E-state index in [0.717, 1.165) is 36.6 Å². The number of hydrogen-bond acceptors (Lipinski definition) is 6. The number of Topliss-reactive ketones (excluding diaryl/α,β-unsaturated/α-hetero) is 1. The van der Waals surface area contributed by atoms with Gasteiger partial charge in [-0.3, -0.25) is 14.7 Å². The number of aromatic nitrogens is 3. The van der Waals surface area contributed by atoms with Gasteiger partial charge in [0.1, 0.15) is 17.2 Å². The quantitative estimate of drug-likeness (QED) is 0.590. The summed E-state index contributed by atoms with van der Waals surface area (Å²) in [7, 11) is 0. The predicted molar refractivity (Wildman–Crippen MR) is 115 cm³/mol. The van der Waals surface area contributed by atoms with Gasteiger partial charge in [0, 0.05) is 51.5 Å². The van der Waals surface area contributed by atoms with Crippen molar-refractivity contribution in [3.8, 4) is 11.5 Å². The first-order valence-corrected chi connectivity index (χ1v) is 10.3. The molecule has 0 unspecified atom stereocenters. The van der Waals surface area contributed by atoms with Gasteiger partial charge in [-0.05, 0) is 42.8 Å². The zero-order chi connectivity index (χ0) is 21.8. The number of ketones is 1. The number of ether oxygens (including phenoxy) is 1. The molecular formula is C23H25N5O3. The minimum Gasteiger partial charge on any atom is -0.456 e. The third-order valence-corrected chi connectivity index (χ3v) is 5.21. The summed E-state index contributed by atoms with van der Waals surface area (Å²) in [6.07, 6.45) is 3.26. The lowest BCUT2D eigenvalue weighted by Gasteiger charge is -2.34. The maximum absolute atomic E-state index is 12.6. The maximum Gasteiger partial charge on any atom is 0.344 e.